The van der Waals surface area contributed by atoms with Crippen LogP contribution < -0.4 is 0 Å². The number of hydrogen-bond donors (Lipinski definition) is 1. The molecule has 2 aromatic carbocycles. The van der Waals surface area contributed by atoms with Gasteiger partial charge in [0.1, 0.15) is 12.1 Å². The molecule has 1 atom stereocenters. The van der Waals surface area contributed by atoms with E-state index in [1.165, 1.54) is 0 Å². The molecule has 2 fully saturated rings. The second-order valence-corrected chi connectivity index (χ2v) is 9.27. The summed E-state index contributed by atoms with van der Waals surface area (Å²) >= 11 is 0. The van der Waals surface area contributed by atoms with Crippen LogP contribution in [0.3, 0.4) is 0 Å². The minimum atomic E-state index is -0.337. The fourth-order valence-corrected chi connectivity index (χ4v) is 4.80. The highest BCUT2D eigenvalue weighted by Gasteiger charge is 2.36. The first-order valence-corrected chi connectivity index (χ1v) is 11.7. The SMILES string of the molecule is O=C(C1CC1)N1CC[C@@H](Cn2cnnc2-c2ccc(-c3cccc(-c4ccn[nH]4)c3)cc2F)C1. The van der Waals surface area contributed by atoms with Crippen molar-refractivity contribution in [3.8, 4) is 33.8 Å². The summed E-state index contributed by atoms with van der Waals surface area (Å²) in [4.78, 5) is 14.4. The largest absolute Gasteiger partial charge is 0.342 e. The van der Waals surface area contributed by atoms with Gasteiger partial charge in [-0.25, -0.2) is 4.39 Å². The van der Waals surface area contributed by atoms with Crippen molar-refractivity contribution in [2.75, 3.05) is 13.1 Å². The van der Waals surface area contributed by atoms with Crippen molar-refractivity contribution in [2.24, 2.45) is 11.8 Å². The number of benzene rings is 2. The molecule has 1 aliphatic carbocycles. The number of hydrogen-bond acceptors (Lipinski definition) is 4. The Bertz CT molecular complexity index is 1330. The van der Waals surface area contributed by atoms with Crippen LogP contribution in [-0.2, 0) is 11.3 Å². The van der Waals surface area contributed by atoms with Gasteiger partial charge in [-0.1, -0.05) is 24.3 Å². The van der Waals surface area contributed by atoms with Crippen LogP contribution in [-0.4, -0.2) is 48.9 Å². The van der Waals surface area contributed by atoms with Gasteiger partial charge in [-0.3, -0.25) is 9.89 Å². The molecule has 1 N–H and O–H groups in total. The third kappa shape index (κ3) is 4.00. The lowest BCUT2D eigenvalue weighted by Crippen LogP contribution is -2.30. The maximum Gasteiger partial charge on any atom is 0.225 e. The van der Waals surface area contributed by atoms with Crippen LogP contribution >= 0.6 is 0 Å². The Morgan fingerprint density at radius 1 is 1.06 bits per heavy atom. The minimum absolute atomic E-state index is 0.247. The Morgan fingerprint density at radius 2 is 1.91 bits per heavy atom. The van der Waals surface area contributed by atoms with Crippen molar-refractivity contribution in [2.45, 2.75) is 25.8 Å². The van der Waals surface area contributed by atoms with Gasteiger partial charge in [0, 0.05) is 37.3 Å². The van der Waals surface area contributed by atoms with Crippen molar-refractivity contribution in [1.82, 2.24) is 29.9 Å². The molecule has 6 rings (SSSR count). The molecule has 0 unspecified atom stereocenters. The summed E-state index contributed by atoms with van der Waals surface area (Å²) in [5.41, 5.74) is 4.04. The van der Waals surface area contributed by atoms with E-state index in [4.69, 9.17) is 0 Å². The van der Waals surface area contributed by atoms with E-state index >= 15 is 4.39 Å². The summed E-state index contributed by atoms with van der Waals surface area (Å²) in [5.74, 6) is 1.05. The summed E-state index contributed by atoms with van der Waals surface area (Å²) in [5, 5.41) is 15.2. The monoisotopic (exact) mass is 456 g/mol. The maximum atomic E-state index is 15.3. The minimum Gasteiger partial charge on any atom is -0.342 e. The Labute approximate surface area is 196 Å². The number of carbonyl (C=O) groups excluding carboxylic acids is 1. The molecule has 3 heterocycles. The van der Waals surface area contributed by atoms with Crippen molar-refractivity contribution >= 4 is 5.91 Å². The third-order valence-electron chi connectivity index (χ3n) is 6.81. The quantitative estimate of drug-likeness (QED) is 0.466. The molecule has 0 radical (unpaired) electrons. The van der Waals surface area contributed by atoms with Gasteiger partial charge in [-0.2, -0.15) is 5.10 Å². The van der Waals surface area contributed by atoms with Gasteiger partial charge in [0.25, 0.3) is 0 Å². The molecule has 1 amide bonds. The molecule has 1 saturated heterocycles. The van der Waals surface area contributed by atoms with E-state index in [-0.39, 0.29) is 11.7 Å². The number of nitrogens with one attached hydrogen (secondary N) is 1. The first-order valence-electron chi connectivity index (χ1n) is 11.7. The summed E-state index contributed by atoms with van der Waals surface area (Å²) in [6.45, 7) is 2.23. The van der Waals surface area contributed by atoms with E-state index < -0.39 is 0 Å². The van der Waals surface area contributed by atoms with Crippen LogP contribution in [0.15, 0.2) is 61.1 Å². The second-order valence-electron chi connectivity index (χ2n) is 9.27. The lowest BCUT2D eigenvalue weighted by molar-refractivity contribution is -0.131. The molecular formula is C26H25FN6O. The van der Waals surface area contributed by atoms with E-state index in [1.807, 2.05) is 45.9 Å². The number of H-pyrrole nitrogens is 1. The smallest absolute Gasteiger partial charge is 0.225 e. The molecule has 1 aliphatic heterocycles. The van der Waals surface area contributed by atoms with E-state index in [0.717, 1.165) is 54.7 Å². The highest BCUT2D eigenvalue weighted by atomic mass is 19.1. The van der Waals surface area contributed by atoms with Crippen LogP contribution in [0, 0.1) is 17.7 Å². The highest BCUT2D eigenvalue weighted by molar-refractivity contribution is 5.81. The molecule has 0 bridgehead atoms. The van der Waals surface area contributed by atoms with Gasteiger partial charge in [0.15, 0.2) is 5.82 Å². The Balaban J connectivity index is 1.21. The molecule has 2 aromatic heterocycles. The van der Waals surface area contributed by atoms with Gasteiger partial charge in [-0.15, -0.1) is 10.2 Å². The number of likely N-dealkylation sites (tertiary alicyclic amines) is 1. The number of carbonyl (C=O) groups is 1. The summed E-state index contributed by atoms with van der Waals surface area (Å²) in [7, 11) is 0. The number of amides is 1. The molecule has 2 aliphatic rings. The topological polar surface area (TPSA) is 79.7 Å². The van der Waals surface area contributed by atoms with Gasteiger partial charge < -0.3 is 9.47 Å². The Kier molecular flexibility index (Phi) is 5.20. The van der Waals surface area contributed by atoms with Crippen molar-refractivity contribution in [1.29, 1.82) is 0 Å². The fraction of sp³-hybridized carbons (Fsp3) is 0.308. The lowest BCUT2D eigenvalue weighted by Gasteiger charge is -2.17. The van der Waals surface area contributed by atoms with Crippen molar-refractivity contribution in [3.05, 3.63) is 66.9 Å². The van der Waals surface area contributed by atoms with Crippen molar-refractivity contribution < 1.29 is 9.18 Å². The van der Waals surface area contributed by atoms with E-state index in [1.54, 1.807) is 24.7 Å². The van der Waals surface area contributed by atoms with E-state index in [0.29, 0.717) is 29.8 Å². The van der Waals surface area contributed by atoms with Crippen LogP contribution in [0.5, 0.6) is 0 Å². The van der Waals surface area contributed by atoms with E-state index in [2.05, 4.69) is 20.4 Å². The van der Waals surface area contributed by atoms with Gasteiger partial charge in [-0.05, 0) is 60.6 Å². The van der Waals surface area contributed by atoms with Gasteiger partial charge in [0.2, 0.25) is 5.91 Å². The standard InChI is InChI=1S/C26H25FN6O/c27-23-13-20(19-2-1-3-21(12-19)24-8-10-28-30-24)6-7-22(23)25-31-29-16-33(25)15-17-9-11-32(14-17)26(34)18-4-5-18/h1-3,6-8,10,12-13,16-18H,4-5,9,11,14-15H2,(H,28,30)/t17-/m1/s1. The zero-order chi connectivity index (χ0) is 23.1. The molecule has 4 aromatic rings. The number of halogens is 1. The highest BCUT2D eigenvalue weighted by Crippen LogP contribution is 2.34. The molecule has 7 nitrogen and oxygen atoms in total. The van der Waals surface area contributed by atoms with Crippen LogP contribution in [0.4, 0.5) is 4.39 Å². The summed E-state index contributed by atoms with van der Waals surface area (Å²) in [6, 6.07) is 15.1. The fourth-order valence-electron chi connectivity index (χ4n) is 4.80. The zero-order valence-corrected chi connectivity index (χ0v) is 18.7. The summed E-state index contributed by atoms with van der Waals surface area (Å²) < 4.78 is 17.2. The maximum absolute atomic E-state index is 15.3. The first-order chi connectivity index (χ1) is 16.7. The molecule has 34 heavy (non-hydrogen) atoms. The van der Waals surface area contributed by atoms with Gasteiger partial charge >= 0.3 is 0 Å². The second kappa shape index (κ2) is 8.52. The predicted octanol–water partition coefficient (Wildman–Crippen LogP) is 4.40. The van der Waals surface area contributed by atoms with Crippen LogP contribution in [0.25, 0.3) is 33.8 Å². The van der Waals surface area contributed by atoms with Crippen LogP contribution in [0.1, 0.15) is 19.3 Å². The lowest BCUT2D eigenvalue weighted by atomic mass is 10.00. The third-order valence-corrected chi connectivity index (χ3v) is 6.81. The normalized spacial score (nSPS) is 17.9. The number of aromatic amines is 1. The Hall–Kier alpha value is -3.81. The number of aromatic nitrogens is 5. The molecule has 1 saturated carbocycles. The molecule has 0 spiro atoms. The van der Waals surface area contributed by atoms with Crippen LogP contribution in [0.2, 0.25) is 0 Å². The Morgan fingerprint density at radius 3 is 2.71 bits per heavy atom. The molecular weight excluding hydrogens is 431 g/mol. The van der Waals surface area contributed by atoms with E-state index in [9.17, 15) is 4.79 Å². The summed E-state index contributed by atoms with van der Waals surface area (Å²) in [6.07, 6.45) is 6.36. The average Bonchev–Trinajstić information content (AvgIpc) is 3.22. The predicted molar refractivity (Wildman–Crippen MR) is 126 cm³/mol. The zero-order valence-electron chi connectivity index (χ0n) is 18.7. The van der Waals surface area contributed by atoms with Gasteiger partial charge in [0.05, 0.1) is 11.3 Å². The average molecular weight is 457 g/mol. The van der Waals surface area contributed by atoms with Crippen molar-refractivity contribution in [3.63, 3.8) is 0 Å². The first kappa shape index (κ1) is 20.8. The number of rotatable bonds is 6. The number of nitrogens with zero attached hydrogens (tertiary/aromatic N) is 5. The molecule has 172 valence electrons. The molecule has 8 heteroatoms.